The number of aryl methyl sites for hydroxylation is 1. The first-order valence-corrected chi connectivity index (χ1v) is 11.0. The third-order valence-corrected chi connectivity index (χ3v) is 6.25. The fourth-order valence-electron chi connectivity index (χ4n) is 3.17. The number of sulfonamides is 1. The monoisotopic (exact) mass is 433 g/mol. The molecule has 1 aliphatic heterocycles. The molecule has 0 aliphatic carbocycles. The van der Waals surface area contributed by atoms with Gasteiger partial charge < -0.3 is 14.1 Å². The molecule has 0 radical (unpaired) electrons. The molecule has 2 heterocycles. The first-order chi connectivity index (χ1) is 13.9. The average molecular weight is 434 g/mol. The lowest BCUT2D eigenvalue weighted by molar-refractivity contribution is 0.123. The fraction of sp³-hybridized carbons (Fsp3) is 0.250. The maximum absolute atomic E-state index is 13.0. The zero-order valence-electron chi connectivity index (χ0n) is 15.8. The van der Waals surface area contributed by atoms with Gasteiger partial charge in [0.25, 0.3) is 10.0 Å². The topological polar surface area (TPSA) is 84.7 Å². The van der Waals surface area contributed by atoms with Gasteiger partial charge >= 0.3 is 0 Å². The van der Waals surface area contributed by atoms with E-state index in [1.165, 1.54) is 6.26 Å². The highest BCUT2D eigenvalue weighted by atomic mass is 35.5. The van der Waals surface area contributed by atoms with Crippen LogP contribution < -0.4 is 9.62 Å². The highest BCUT2D eigenvalue weighted by Crippen LogP contribution is 2.32. The van der Waals surface area contributed by atoms with Gasteiger partial charge in [-0.15, -0.1) is 0 Å². The predicted molar refractivity (Wildman–Crippen MR) is 112 cm³/mol. The summed E-state index contributed by atoms with van der Waals surface area (Å²) >= 11 is 6.13. The zero-order valence-corrected chi connectivity index (χ0v) is 17.3. The molecular formula is C20H20ClN3O4S. The first-order valence-electron chi connectivity index (χ1n) is 9.10. The highest BCUT2D eigenvalue weighted by molar-refractivity contribution is 7.92. The predicted octanol–water partition coefficient (Wildman–Crippen LogP) is 3.94. The number of benzene rings is 2. The van der Waals surface area contributed by atoms with Gasteiger partial charge in [-0.2, -0.15) is 0 Å². The van der Waals surface area contributed by atoms with Gasteiger partial charge in [-0.25, -0.2) is 13.4 Å². The third-order valence-electron chi connectivity index (χ3n) is 4.63. The molecule has 3 aromatic rings. The second-order valence-electron chi connectivity index (χ2n) is 6.64. The number of nitrogens with zero attached hydrogens (tertiary/aromatic N) is 2. The van der Waals surface area contributed by atoms with E-state index in [1.54, 1.807) is 43.3 Å². The minimum atomic E-state index is -3.80. The molecule has 0 saturated carbocycles. The maximum Gasteiger partial charge on any atom is 0.261 e. The Morgan fingerprint density at radius 1 is 1.10 bits per heavy atom. The number of nitrogens with one attached hydrogen (secondary N) is 1. The van der Waals surface area contributed by atoms with E-state index in [0.717, 1.165) is 11.3 Å². The summed E-state index contributed by atoms with van der Waals surface area (Å²) in [5, 5.41) is 0.455. The summed E-state index contributed by atoms with van der Waals surface area (Å²) in [6.07, 6.45) is 1.54. The number of ether oxygens (including phenoxy) is 1. The van der Waals surface area contributed by atoms with Gasteiger partial charge in [-0.3, -0.25) is 4.72 Å². The molecule has 0 bridgehead atoms. The molecule has 1 saturated heterocycles. The SMILES string of the molecule is Cc1nc(-c2ccc(S(=O)(=O)Nc3cc(Cl)ccc3N3CCOCC3)cc2)co1. The number of rotatable bonds is 5. The van der Waals surface area contributed by atoms with Crippen molar-refractivity contribution < 1.29 is 17.6 Å². The van der Waals surface area contributed by atoms with Crippen LogP contribution >= 0.6 is 11.6 Å². The van der Waals surface area contributed by atoms with Crippen molar-refractivity contribution in [1.82, 2.24) is 4.98 Å². The molecule has 0 atom stereocenters. The number of aromatic nitrogens is 1. The summed E-state index contributed by atoms with van der Waals surface area (Å²) in [5.41, 5.74) is 2.65. The van der Waals surface area contributed by atoms with E-state index in [2.05, 4.69) is 14.6 Å². The Morgan fingerprint density at radius 2 is 1.83 bits per heavy atom. The van der Waals surface area contributed by atoms with Crippen LogP contribution in [0.2, 0.25) is 5.02 Å². The number of oxazole rings is 1. The van der Waals surface area contributed by atoms with Gasteiger partial charge in [-0.1, -0.05) is 23.7 Å². The van der Waals surface area contributed by atoms with Crippen LogP contribution in [0.3, 0.4) is 0 Å². The van der Waals surface area contributed by atoms with Gasteiger partial charge in [0.05, 0.1) is 29.5 Å². The molecule has 1 aromatic heterocycles. The Bertz CT molecular complexity index is 1110. The van der Waals surface area contributed by atoms with Gasteiger partial charge in [-0.05, 0) is 30.3 Å². The fourth-order valence-corrected chi connectivity index (χ4v) is 4.41. The molecule has 152 valence electrons. The Morgan fingerprint density at radius 3 is 2.48 bits per heavy atom. The van der Waals surface area contributed by atoms with Crippen LogP contribution in [-0.4, -0.2) is 39.7 Å². The van der Waals surface area contributed by atoms with Crippen molar-refractivity contribution in [3.05, 3.63) is 59.6 Å². The van der Waals surface area contributed by atoms with E-state index < -0.39 is 10.0 Å². The van der Waals surface area contributed by atoms with E-state index >= 15 is 0 Å². The summed E-state index contributed by atoms with van der Waals surface area (Å²) in [4.78, 5) is 6.48. The molecule has 7 nitrogen and oxygen atoms in total. The number of anilines is 2. The molecule has 9 heteroatoms. The number of morpholine rings is 1. The molecule has 29 heavy (non-hydrogen) atoms. The second-order valence-corrected chi connectivity index (χ2v) is 8.76. The van der Waals surface area contributed by atoms with Gasteiger partial charge in [0.2, 0.25) is 0 Å². The Labute approximate surface area is 174 Å². The number of hydrogen-bond acceptors (Lipinski definition) is 6. The van der Waals surface area contributed by atoms with E-state index in [9.17, 15) is 8.42 Å². The Hall–Kier alpha value is -2.55. The average Bonchev–Trinajstić information content (AvgIpc) is 3.15. The smallest absolute Gasteiger partial charge is 0.261 e. The summed E-state index contributed by atoms with van der Waals surface area (Å²) in [6.45, 7) is 4.31. The van der Waals surface area contributed by atoms with Crippen molar-refractivity contribution in [1.29, 1.82) is 0 Å². The van der Waals surface area contributed by atoms with Crippen LogP contribution in [0, 0.1) is 6.92 Å². The number of halogens is 1. The van der Waals surface area contributed by atoms with Gasteiger partial charge in [0.15, 0.2) is 5.89 Å². The lowest BCUT2D eigenvalue weighted by atomic mass is 10.2. The van der Waals surface area contributed by atoms with E-state index in [-0.39, 0.29) is 4.90 Å². The van der Waals surface area contributed by atoms with Crippen molar-refractivity contribution in [2.24, 2.45) is 0 Å². The largest absolute Gasteiger partial charge is 0.449 e. The van der Waals surface area contributed by atoms with Crippen molar-refractivity contribution in [3.8, 4) is 11.3 Å². The molecular weight excluding hydrogens is 414 g/mol. The Balaban J connectivity index is 1.61. The van der Waals surface area contributed by atoms with Crippen LogP contribution in [-0.2, 0) is 14.8 Å². The van der Waals surface area contributed by atoms with Crippen LogP contribution in [0.1, 0.15) is 5.89 Å². The van der Waals surface area contributed by atoms with Crippen LogP contribution in [0.5, 0.6) is 0 Å². The number of hydrogen-bond donors (Lipinski definition) is 1. The summed E-state index contributed by atoms with van der Waals surface area (Å²) in [6, 6.07) is 11.7. The summed E-state index contributed by atoms with van der Waals surface area (Å²) < 4.78 is 39.2. The summed E-state index contributed by atoms with van der Waals surface area (Å²) in [7, 11) is -3.80. The van der Waals surface area contributed by atoms with Gasteiger partial charge in [0, 0.05) is 30.6 Å². The Kier molecular flexibility index (Phi) is 5.49. The van der Waals surface area contributed by atoms with E-state index in [4.69, 9.17) is 20.8 Å². The minimum absolute atomic E-state index is 0.148. The second kappa shape index (κ2) is 8.06. The molecule has 1 N–H and O–H groups in total. The van der Waals surface area contributed by atoms with Crippen molar-refractivity contribution in [2.75, 3.05) is 35.9 Å². The van der Waals surface area contributed by atoms with E-state index in [1.807, 2.05) is 6.07 Å². The third kappa shape index (κ3) is 4.39. The molecule has 0 amide bonds. The van der Waals surface area contributed by atoms with Crippen molar-refractivity contribution >= 4 is 33.0 Å². The van der Waals surface area contributed by atoms with Gasteiger partial charge in [0.1, 0.15) is 12.0 Å². The molecule has 4 rings (SSSR count). The van der Waals surface area contributed by atoms with E-state index in [0.29, 0.717) is 48.6 Å². The van der Waals surface area contributed by atoms with Crippen LogP contribution in [0.15, 0.2) is 58.0 Å². The van der Waals surface area contributed by atoms with Crippen LogP contribution in [0.4, 0.5) is 11.4 Å². The molecule has 1 fully saturated rings. The molecule has 1 aliphatic rings. The lowest BCUT2D eigenvalue weighted by Crippen LogP contribution is -2.36. The highest BCUT2D eigenvalue weighted by Gasteiger charge is 2.20. The quantitative estimate of drug-likeness (QED) is 0.656. The maximum atomic E-state index is 13.0. The normalized spacial score (nSPS) is 14.8. The van der Waals surface area contributed by atoms with Crippen molar-refractivity contribution in [2.45, 2.75) is 11.8 Å². The lowest BCUT2D eigenvalue weighted by Gasteiger charge is -2.30. The standard InChI is InChI=1S/C20H20ClN3O4S/c1-14-22-19(13-28-14)15-2-5-17(6-3-15)29(25,26)23-18-12-16(21)4-7-20(18)24-8-10-27-11-9-24/h2-7,12-13,23H,8-11H2,1H3. The van der Waals surface area contributed by atoms with Crippen LogP contribution in [0.25, 0.3) is 11.3 Å². The zero-order chi connectivity index (χ0) is 20.4. The minimum Gasteiger partial charge on any atom is -0.449 e. The molecule has 0 unspecified atom stereocenters. The summed E-state index contributed by atoms with van der Waals surface area (Å²) in [5.74, 6) is 0.551. The first kappa shape index (κ1) is 19.8. The van der Waals surface area contributed by atoms with Crippen molar-refractivity contribution in [3.63, 3.8) is 0 Å². The molecule has 0 spiro atoms. The molecule has 2 aromatic carbocycles.